The van der Waals surface area contributed by atoms with Crippen LogP contribution in [0.1, 0.15) is 38.3 Å². The van der Waals surface area contributed by atoms with Crippen molar-refractivity contribution < 1.29 is 0 Å². The topological polar surface area (TPSA) is 29.3 Å². The van der Waals surface area contributed by atoms with Crippen molar-refractivity contribution in [1.82, 2.24) is 4.90 Å². The molecule has 0 bridgehead atoms. The van der Waals surface area contributed by atoms with Crippen LogP contribution < -0.4 is 5.73 Å². The van der Waals surface area contributed by atoms with Gasteiger partial charge in [-0.1, -0.05) is 32.0 Å². The number of nitrogens with zero attached hydrogens (tertiary/aromatic N) is 1. The molecule has 2 aromatic rings. The Morgan fingerprint density at radius 1 is 1.24 bits per heavy atom. The fraction of sp³-hybridized carbons (Fsp3) is 0.556. The minimum atomic E-state index is 0.384. The lowest BCUT2D eigenvalue weighted by atomic mass is 9.86. The standard InChI is InChI=1S/C18H26N2S/c1-13(2)14-7-9-20(10-8-14)17(11-19)16-12-21-18-6-4-3-5-15(16)18/h3-6,12-14,17H,7-11,19H2,1-2H3. The van der Waals surface area contributed by atoms with E-state index in [9.17, 15) is 0 Å². The fourth-order valence-electron chi connectivity index (χ4n) is 3.63. The normalized spacial score (nSPS) is 19.4. The number of likely N-dealkylation sites (tertiary alicyclic amines) is 1. The fourth-order valence-corrected chi connectivity index (χ4v) is 4.63. The van der Waals surface area contributed by atoms with Gasteiger partial charge in [0, 0.05) is 17.3 Å². The molecule has 0 radical (unpaired) electrons. The highest BCUT2D eigenvalue weighted by Crippen LogP contribution is 2.35. The molecule has 3 heteroatoms. The molecule has 1 aliphatic rings. The Kier molecular flexibility index (Phi) is 4.63. The number of rotatable bonds is 4. The van der Waals surface area contributed by atoms with Crippen molar-refractivity contribution >= 4 is 21.4 Å². The molecule has 1 fully saturated rings. The monoisotopic (exact) mass is 302 g/mol. The minimum absolute atomic E-state index is 0.384. The molecule has 1 aromatic heterocycles. The summed E-state index contributed by atoms with van der Waals surface area (Å²) < 4.78 is 1.38. The van der Waals surface area contributed by atoms with Gasteiger partial charge in [0.1, 0.15) is 0 Å². The summed E-state index contributed by atoms with van der Waals surface area (Å²) in [6, 6.07) is 9.09. The Labute approximate surface area is 131 Å². The van der Waals surface area contributed by atoms with E-state index in [0.29, 0.717) is 12.6 Å². The van der Waals surface area contributed by atoms with Gasteiger partial charge in [0.05, 0.1) is 0 Å². The quantitative estimate of drug-likeness (QED) is 0.914. The molecule has 2 N–H and O–H groups in total. The van der Waals surface area contributed by atoms with Crippen LogP contribution in [0.3, 0.4) is 0 Å². The molecule has 2 nitrogen and oxygen atoms in total. The van der Waals surface area contributed by atoms with E-state index < -0.39 is 0 Å². The predicted molar refractivity (Wildman–Crippen MR) is 92.8 cm³/mol. The van der Waals surface area contributed by atoms with Gasteiger partial charge in [-0.05, 0) is 60.2 Å². The maximum atomic E-state index is 6.14. The highest BCUT2D eigenvalue weighted by Gasteiger charge is 2.27. The van der Waals surface area contributed by atoms with Gasteiger partial charge in [0.15, 0.2) is 0 Å². The van der Waals surface area contributed by atoms with Crippen LogP contribution in [0.2, 0.25) is 0 Å². The number of thiophene rings is 1. The number of hydrogen-bond acceptors (Lipinski definition) is 3. The van der Waals surface area contributed by atoms with Gasteiger partial charge in [-0.3, -0.25) is 4.90 Å². The molecule has 1 atom stereocenters. The van der Waals surface area contributed by atoms with Crippen molar-refractivity contribution in [2.45, 2.75) is 32.7 Å². The average Bonchev–Trinajstić information content (AvgIpc) is 2.93. The zero-order valence-corrected chi connectivity index (χ0v) is 13.9. The first kappa shape index (κ1) is 15.0. The molecule has 3 rings (SSSR count). The zero-order valence-electron chi connectivity index (χ0n) is 13.1. The summed E-state index contributed by atoms with van der Waals surface area (Å²) in [5, 5.41) is 3.71. The van der Waals surface area contributed by atoms with Crippen molar-refractivity contribution in [2.24, 2.45) is 17.6 Å². The molecule has 1 saturated heterocycles. The van der Waals surface area contributed by atoms with Crippen molar-refractivity contribution in [1.29, 1.82) is 0 Å². The number of fused-ring (bicyclic) bond motifs is 1. The lowest BCUT2D eigenvalue weighted by Gasteiger charge is -2.38. The Balaban J connectivity index is 1.80. The molecule has 21 heavy (non-hydrogen) atoms. The second kappa shape index (κ2) is 6.47. The maximum Gasteiger partial charge on any atom is 0.0484 e. The second-order valence-electron chi connectivity index (χ2n) is 6.56. The van der Waals surface area contributed by atoms with Gasteiger partial charge in [-0.15, -0.1) is 11.3 Å². The van der Waals surface area contributed by atoms with E-state index in [-0.39, 0.29) is 0 Å². The van der Waals surface area contributed by atoms with Crippen LogP contribution in [0.5, 0.6) is 0 Å². The summed E-state index contributed by atoms with van der Waals surface area (Å²) in [6.45, 7) is 7.80. The zero-order chi connectivity index (χ0) is 14.8. The molecule has 1 unspecified atom stereocenters. The smallest absolute Gasteiger partial charge is 0.0484 e. The van der Waals surface area contributed by atoms with Gasteiger partial charge in [0.2, 0.25) is 0 Å². The highest BCUT2D eigenvalue weighted by molar-refractivity contribution is 7.17. The van der Waals surface area contributed by atoms with Crippen LogP contribution in [0.4, 0.5) is 0 Å². The molecule has 0 saturated carbocycles. The summed E-state index contributed by atoms with van der Waals surface area (Å²) in [5.41, 5.74) is 7.57. The van der Waals surface area contributed by atoms with Crippen molar-refractivity contribution in [3.05, 3.63) is 35.2 Å². The Bertz CT molecular complexity index is 582. The van der Waals surface area contributed by atoms with E-state index in [1.54, 1.807) is 0 Å². The predicted octanol–water partition coefficient (Wildman–Crippen LogP) is 4.27. The van der Waals surface area contributed by atoms with Crippen molar-refractivity contribution in [3.63, 3.8) is 0 Å². The Morgan fingerprint density at radius 2 is 1.95 bits per heavy atom. The SMILES string of the molecule is CC(C)C1CCN(C(CN)c2csc3ccccc23)CC1. The molecule has 0 aliphatic carbocycles. The largest absolute Gasteiger partial charge is 0.329 e. The van der Waals surface area contributed by atoms with E-state index in [2.05, 4.69) is 48.4 Å². The van der Waals surface area contributed by atoms with Gasteiger partial charge in [-0.25, -0.2) is 0 Å². The van der Waals surface area contributed by atoms with Gasteiger partial charge >= 0.3 is 0 Å². The number of nitrogens with two attached hydrogens (primary N) is 1. The van der Waals surface area contributed by atoms with Crippen molar-refractivity contribution in [2.75, 3.05) is 19.6 Å². The van der Waals surface area contributed by atoms with Gasteiger partial charge in [0.25, 0.3) is 0 Å². The summed E-state index contributed by atoms with van der Waals surface area (Å²) in [5.74, 6) is 1.70. The van der Waals surface area contributed by atoms with E-state index >= 15 is 0 Å². The first-order chi connectivity index (χ1) is 10.2. The third-order valence-corrected chi connectivity index (χ3v) is 6.03. The first-order valence-corrected chi connectivity index (χ1v) is 8.99. The highest BCUT2D eigenvalue weighted by atomic mass is 32.1. The molecular formula is C18H26N2S. The molecule has 1 aromatic carbocycles. The molecule has 0 spiro atoms. The lowest BCUT2D eigenvalue weighted by molar-refractivity contribution is 0.118. The van der Waals surface area contributed by atoms with Crippen LogP contribution in [0.15, 0.2) is 29.6 Å². The molecule has 1 aliphatic heterocycles. The van der Waals surface area contributed by atoms with E-state index in [4.69, 9.17) is 5.73 Å². The molecular weight excluding hydrogens is 276 g/mol. The number of piperidine rings is 1. The second-order valence-corrected chi connectivity index (χ2v) is 7.47. The summed E-state index contributed by atoms with van der Waals surface area (Å²) in [7, 11) is 0. The summed E-state index contributed by atoms with van der Waals surface area (Å²) in [4.78, 5) is 2.60. The third kappa shape index (κ3) is 3.01. The lowest BCUT2D eigenvalue weighted by Crippen LogP contribution is -2.40. The van der Waals surface area contributed by atoms with Crippen LogP contribution >= 0.6 is 11.3 Å². The van der Waals surface area contributed by atoms with Crippen LogP contribution in [0.25, 0.3) is 10.1 Å². The minimum Gasteiger partial charge on any atom is -0.329 e. The summed E-state index contributed by atoms with van der Waals surface area (Å²) in [6.07, 6.45) is 2.63. The Hall–Kier alpha value is -0.900. The molecule has 0 amide bonds. The van der Waals surface area contributed by atoms with E-state index in [0.717, 1.165) is 11.8 Å². The van der Waals surface area contributed by atoms with Crippen LogP contribution in [-0.2, 0) is 0 Å². The Morgan fingerprint density at radius 3 is 2.62 bits per heavy atom. The number of hydrogen-bond donors (Lipinski definition) is 1. The van der Waals surface area contributed by atoms with Crippen molar-refractivity contribution in [3.8, 4) is 0 Å². The third-order valence-electron chi connectivity index (χ3n) is 5.05. The first-order valence-electron chi connectivity index (χ1n) is 8.11. The number of benzene rings is 1. The van der Waals surface area contributed by atoms with E-state index in [1.165, 1.54) is 41.6 Å². The van der Waals surface area contributed by atoms with Crippen LogP contribution in [0, 0.1) is 11.8 Å². The molecule has 2 heterocycles. The van der Waals surface area contributed by atoms with Crippen LogP contribution in [-0.4, -0.2) is 24.5 Å². The van der Waals surface area contributed by atoms with Gasteiger partial charge < -0.3 is 5.73 Å². The van der Waals surface area contributed by atoms with E-state index in [1.807, 2.05) is 11.3 Å². The average molecular weight is 302 g/mol. The molecule has 114 valence electrons. The maximum absolute atomic E-state index is 6.14. The van der Waals surface area contributed by atoms with Gasteiger partial charge in [-0.2, -0.15) is 0 Å². The summed E-state index contributed by atoms with van der Waals surface area (Å²) >= 11 is 1.84.